The Morgan fingerprint density at radius 2 is 2.21 bits per heavy atom. The maximum atomic E-state index is 11.9. The van der Waals surface area contributed by atoms with Gasteiger partial charge in [0, 0.05) is 16.1 Å². The number of amides is 1. The largest absolute Gasteiger partial charge is 0.349 e. The van der Waals surface area contributed by atoms with Gasteiger partial charge in [0.25, 0.3) is 5.91 Å². The van der Waals surface area contributed by atoms with Crippen molar-refractivity contribution >= 4 is 35.2 Å². The summed E-state index contributed by atoms with van der Waals surface area (Å²) in [7, 11) is 0. The van der Waals surface area contributed by atoms with Crippen LogP contribution in [0.2, 0.25) is 10.0 Å². The summed E-state index contributed by atoms with van der Waals surface area (Å²) in [5.74, 6) is -0.400. The fourth-order valence-corrected chi connectivity index (χ4v) is 1.79. The van der Waals surface area contributed by atoms with Crippen molar-refractivity contribution in [1.29, 1.82) is 5.26 Å². The van der Waals surface area contributed by atoms with Crippen molar-refractivity contribution in [3.8, 4) is 6.07 Å². The second-order valence-corrected chi connectivity index (χ2v) is 4.96. The molecule has 19 heavy (non-hydrogen) atoms. The summed E-state index contributed by atoms with van der Waals surface area (Å²) < 4.78 is 0. The molecule has 0 aliphatic heterocycles. The summed E-state index contributed by atoms with van der Waals surface area (Å²) in [5.41, 5.74) is 0.603. The zero-order chi connectivity index (χ0) is 14.4. The van der Waals surface area contributed by atoms with Crippen LogP contribution in [0.3, 0.4) is 0 Å². The van der Waals surface area contributed by atoms with Gasteiger partial charge in [0.15, 0.2) is 0 Å². The molecular weight excluding hydrogens is 283 g/mol. The Hall–Kier alpha value is -1.50. The van der Waals surface area contributed by atoms with Gasteiger partial charge in [0.05, 0.1) is 0 Å². The van der Waals surface area contributed by atoms with E-state index in [1.165, 1.54) is 6.08 Å². The highest BCUT2D eigenvalue weighted by Crippen LogP contribution is 2.23. The fraction of sp³-hybridized carbons (Fsp3) is 0.286. The lowest BCUT2D eigenvalue weighted by molar-refractivity contribution is -0.117. The van der Waals surface area contributed by atoms with Gasteiger partial charge in [-0.1, -0.05) is 36.2 Å². The van der Waals surface area contributed by atoms with Gasteiger partial charge in [-0.3, -0.25) is 4.79 Å². The number of nitrogens with one attached hydrogen (secondary N) is 1. The molecule has 0 saturated heterocycles. The monoisotopic (exact) mass is 296 g/mol. The molecule has 1 amide bonds. The summed E-state index contributed by atoms with van der Waals surface area (Å²) in [6.45, 7) is 3.83. The van der Waals surface area contributed by atoms with Gasteiger partial charge >= 0.3 is 0 Å². The van der Waals surface area contributed by atoms with Gasteiger partial charge in [-0.15, -0.1) is 0 Å². The van der Waals surface area contributed by atoms with Crippen LogP contribution >= 0.6 is 23.2 Å². The van der Waals surface area contributed by atoms with E-state index in [9.17, 15) is 4.79 Å². The number of nitrogens with zero attached hydrogens (tertiary/aromatic N) is 1. The third-order valence-electron chi connectivity index (χ3n) is 2.62. The minimum Gasteiger partial charge on any atom is -0.349 e. The molecular formula is C14H14Cl2N2O. The molecule has 1 atom stereocenters. The normalized spacial score (nSPS) is 12.7. The van der Waals surface area contributed by atoms with Gasteiger partial charge in [-0.2, -0.15) is 5.26 Å². The highest BCUT2D eigenvalue weighted by Gasteiger charge is 2.12. The van der Waals surface area contributed by atoms with Crippen LogP contribution in [-0.2, 0) is 4.79 Å². The number of nitriles is 1. The lowest BCUT2D eigenvalue weighted by Gasteiger charge is -2.10. The minimum absolute atomic E-state index is 0.0181. The van der Waals surface area contributed by atoms with Crippen LogP contribution in [0.15, 0.2) is 23.8 Å². The van der Waals surface area contributed by atoms with Crippen molar-refractivity contribution in [2.45, 2.75) is 26.3 Å². The molecule has 0 heterocycles. The molecule has 0 saturated carbocycles. The molecule has 0 spiro atoms. The smallest absolute Gasteiger partial charge is 0.262 e. The van der Waals surface area contributed by atoms with E-state index in [1.807, 2.05) is 19.9 Å². The Morgan fingerprint density at radius 3 is 2.74 bits per heavy atom. The molecule has 1 aromatic carbocycles. The third kappa shape index (κ3) is 4.59. The second-order valence-electron chi connectivity index (χ2n) is 4.12. The third-order valence-corrected chi connectivity index (χ3v) is 3.18. The summed E-state index contributed by atoms with van der Waals surface area (Å²) in [4.78, 5) is 11.9. The van der Waals surface area contributed by atoms with Gasteiger partial charge in [-0.05, 0) is 37.1 Å². The molecule has 3 nitrogen and oxygen atoms in total. The second kappa shape index (κ2) is 7.18. The Morgan fingerprint density at radius 1 is 1.53 bits per heavy atom. The van der Waals surface area contributed by atoms with Crippen LogP contribution in [0.5, 0.6) is 0 Å². The average Bonchev–Trinajstić information content (AvgIpc) is 2.37. The van der Waals surface area contributed by atoms with Crippen LogP contribution in [0.1, 0.15) is 25.8 Å². The van der Waals surface area contributed by atoms with Crippen LogP contribution in [0.4, 0.5) is 0 Å². The summed E-state index contributed by atoms with van der Waals surface area (Å²) >= 11 is 11.8. The first-order valence-electron chi connectivity index (χ1n) is 5.85. The summed E-state index contributed by atoms with van der Waals surface area (Å²) in [6.07, 6.45) is 2.25. The first-order chi connectivity index (χ1) is 8.97. The van der Waals surface area contributed by atoms with E-state index in [1.54, 1.807) is 18.2 Å². The predicted molar refractivity (Wildman–Crippen MR) is 77.9 cm³/mol. The number of rotatable bonds is 4. The predicted octanol–water partition coefficient (Wildman–Crippen LogP) is 3.82. The van der Waals surface area contributed by atoms with Crippen molar-refractivity contribution in [3.05, 3.63) is 39.4 Å². The summed E-state index contributed by atoms with van der Waals surface area (Å²) in [5, 5.41) is 12.7. The number of hydrogen-bond acceptors (Lipinski definition) is 2. The van der Waals surface area contributed by atoms with Crippen LogP contribution in [0, 0.1) is 11.3 Å². The van der Waals surface area contributed by atoms with E-state index in [4.69, 9.17) is 28.5 Å². The molecule has 0 bridgehead atoms. The quantitative estimate of drug-likeness (QED) is 0.678. The molecule has 1 aromatic rings. The minimum atomic E-state index is -0.400. The van der Waals surface area contributed by atoms with Gasteiger partial charge in [0.2, 0.25) is 0 Å². The van der Waals surface area contributed by atoms with Crippen LogP contribution < -0.4 is 5.32 Å². The molecule has 0 unspecified atom stereocenters. The summed E-state index contributed by atoms with van der Waals surface area (Å²) in [6, 6.07) is 6.78. The molecule has 0 aromatic heterocycles. The van der Waals surface area contributed by atoms with E-state index in [2.05, 4.69) is 5.32 Å². The number of carbonyl (C=O) groups is 1. The Kier molecular flexibility index (Phi) is 5.88. The van der Waals surface area contributed by atoms with E-state index in [0.29, 0.717) is 15.6 Å². The van der Waals surface area contributed by atoms with Gasteiger partial charge < -0.3 is 5.32 Å². The number of hydrogen-bond donors (Lipinski definition) is 1. The molecule has 0 fully saturated rings. The van der Waals surface area contributed by atoms with Crippen LogP contribution in [-0.4, -0.2) is 11.9 Å². The van der Waals surface area contributed by atoms with Crippen molar-refractivity contribution in [2.75, 3.05) is 0 Å². The number of carbonyl (C=O) groups excluding carboxylic acids is 1. The zero-order valence-corrected chi connectivity index (χ0v) is 12.2. The highest BCUT2D eigenvalue weighted by molar-refractivity contribution is 6.35. The van der Waals surface area contributed by atoms with Crippen molar-refractivity contribution in [3.63, 3.8) is 0 Å². The van der Waals surface area contributed by atoms with Gasteiger partial charge in [-0.25, -0.2) is 0 Å². The lowest BCUT2D eigenvalue weighted by Crippen LogP contribution is -2.32. The van der Waals surface area contributed by atoms with E-state index in [-0.39, 0.29) is 11.6 Å². The van der Waals surface area contributed by atoms with Crippen molar-refractivity contribution in [1.82, 2.24) is 5.32 Å². The van der Waals surface area contributed by atoms with Crippen molar-refractivity contribution in [2.24, 2.45) is 0 Å². The zero-order valence-electron chi connectivity index (χ0n) is 10.7. The lowest BCUT2D eigenvalue weighted by atomic mass is 10.1. The van der Waals surface area contributed by atoms with Crippen LogP contribution in [0.25, 0.3) is 6.08 Å². The molecule has 100 valence electrons. The molecule has 1 rings (SSSR count). The van der Waals surface area contributed by atoms with E-state index < -0.39 is 5.91 Å². The molecule has 0 radical (unpaired) electrons. The Bertz CT molecular complexity index is 547. The highest BCUT2D eigenvalue weighted by atomic mass is 35.5. The van der Waals surface area contributed by atoms with Gasteiger partial charge in [0.1, 0.15) is 11.6 Å². The first-order valence-corrected chi connectivity index (χ1v) is 6.61. The molecule has 5 heteroatoms. The maximum absolute atomic E-state index is 11.9. The molecule has 0 aliphatic carbocycles. The Balaban J connectivity index is 2.99. The SMILES string of the molecule is CC[C@@H](C)NC(=O)/C(C#N)=C/c1ccc(Cl)cc1Cl. The van der Waals surface area contributed by atoms with E-state index >= 15 is 0 Å². The standard InChI is InChI=1S/C14H14Cl2N2O/c1-3-9(2)18-14(19)11(8-17)6-10-4-5-12(15)7-13(10)16/h4-7,9H,3H2,1-2H3,(H,18,19)/b11-6+/t9-/m1/s1. The van der Waals surface area contributed by atoms with Crippen molar-refractivity contribution < 1.29 is 4.79 Å². The number of halogens is 2. The average molecular weight is 297 g/mol. The topological polar surface area (TPSA) is 52.9 Å². The number of benzene rings is 1. The Labute approximate surface area is 122 Å². The fourth-order valence-electron chi connectivity index (χ4n) is 1.33. The molecule has 1 N–H and O–H groups in total. The first kappa shape index (κ1) is 15.6. The maximum Gasteiger partial charge on any atom is 0.262 e. The van der Waals surface area contributed by atoms with E-state index in [0.717, 1.165) is 6.42 Å². The molecule has 0 aliphatic rings.